The number of guanidine groups is 1. The second kappa shape index (κ2) is 2.65. The van der Waals surface area contributed by atoms with E-state index in [1.807, 2.05) is 0 Å². The van der Waals surface area contributed by atoms with Crippen LogP contribution in [0.4, 0.5) is 0 Å². The van der Waals surface area contributed by atoms with Crippen LogP contribution in [0.1, 0.15) is 32.6 Å². The SMILES string of the molecule is CCN1C(N)=NCC12CC1CCC2C1. The van der Waals surface area contributed by atoms with Gasteiger partial charge >= 0.3 is 0 Å². The Morgan fingerprint density at radius 2 is 2.43 bits per heavy atom. The van der Waals surface area contributed by atoms with E-state index in [0.29, 0.717) is 5.54 Å². The third-order valence-electron chi connectivity index (χ3n) is 4.59. The summed E-state index contributed by atoms with van der Waals surface area (Å²) in [5.41, 5.74) is 6.30. The summed E-state index contributed by atoms with van der Waals surface area (Å²) in [6.45, 7) is 4.19. The summed E-state index contributed by atoms with van der Waals surface area (Å²) >= 11 is 0. The van der Waals surface area contributed by atoms with Gasteiger partial charge in [-0.15, -0.1) is 0 Å². The third kappa shape index (κ3) is 0.856. The summed E-state index contributed by atoms with van der Waals surface area (Å²) in [5.74, 6) is 2.63. The second-order valence-corrected chi connectivity index (χ2v) is 5.10. The van der Waals surface area contributed by atoms with Crippen LogP contribution >= 0.6 is 0 Å². The molecule has 3 heteroatoms. The van der Waals surface area contributed by atoms with E-state index < -0.39 is 0 Å². The first kappa shape index (κ1) is 8.57. The lowest BCUT2D eigenvalue weighted by atomic mass is 9.80. The van der Waals surface area contributed by atoms with Gasteiger partial charge < -0.3 is 10.6 Å². The van der Waals surface area contributed by atoms with Gasteiger partial charge in [-0.3, -0.25) is 4.99 Å². The minimum absolute atomic E-state index is 0.349. The Kier molecular flexibility index (Phi) is 1.62. The molecule has 0 aromatic carbocycles. The largest absolute Gasteiger partial charge is 0.370 e. The van der Waals surface area contributed by atoms with Crippen LogP contribution in [-0.2, 0) is 0 Å². The van der Waals surface area contributed by atoms with Gasteiger partial charge in [-0.1, -0.05) is 0 Å². The van der Waals surface area contributed by atoms with E-state index in [1.54, 1.807) is 0 Å². The average Bonchev–Trinajstić information content (AvgIpc) is 2.82. The highest BCUT2D eigenvalue weighted by molar-refractivity contribution is 5.81. The lowest BCUT2D eigenvalue weighted by Gasteiger charge is -2.42. The first-order valence-electron chi connectivity index (χ1n) is 5.84. The highest BCUT2D eigenvalue weighted by atomic mass is 15.4. The third-order valence-corrected chi connectivity index (χ3v) is 4.59. The summed E-state index contributed by atoms with van der Waals surface area (Å²) in [7, 11) is 0. The van der Waals surface area contributed by atoms with Crippen molar-refractivity contribution in [1.82, 2.24) is 4.90 Å². The topological polar surface area (TPSA) is 41.6 Å². The summed E-state index contributed by atoms with van der Waals surface area (Å²) in [6, 6.07) is 0. The number of hydrogen-bond acceptors (Lipinski definition) is 3. The van der Waals surface area contributed by atoms with Crippen molar-refractivity contribution < 1.29 is 0 Å². The van der Waals surface area contributed by atoms with Gasteiger partial charge in [-0.25, -0.2) is 0 Å². The monoisotopic (exact) mass is 193 g/mol. The minimum atomic E-state index is 0.349. The Balaban J connectivity index is 1.91. The molecule has 0 saturated heterocycles. The molecule has 1 aliphatic heterocycles. The highest BCUT2D eigenvalue weighted by Gasteiger charge is 2.56. The van der Waals surface area contributed by atoms with Gasteiger partial charge in [-0.2, -0.15) is 0 Å². The average molecular weight is 193 g/mol. The fraction of sp³-hybridized carbons (Fsp3) is 0.909. The Hall–Kier alpha value is -0.730. The molecule has 0 radical (unpaired) electrons. The summed E-state index contributed by atoms with van der Waals surface area (Å²) in [5, 5.41) is 0. The van der Waals surface area contributed by atoms with Gasteiger partial charge in [-0.05, 0) is 44.4 Å². The number of aliphatic imine (C=N–C) groups is 1. The van der Waals surface area contributed by atoms with Crippen molar-refractivity contribution in [2.24, 2.45) is 22.6 Å². The zero-order chi connectivity index (χ0) is 9.76. The van der Waals surface area contributed by atoms with Crippen LogP contribution in [0, 0.1) is 11.8 Å². The standard InChI is InChI=1S/C11H19N3/c1-2-14-10(12)13-7-11(14)6-8-3-4-9(11)5-8/h8-9H,2-7H2,1H3,(H2,12,13). The van der Waals surface area contributed by atoms with Crippen LogP contribution in [0.25, 0.3) is 0 Å². The molecule has 2 bridgehead atoms. The molecule has 0 aromatic heterocycles. The molecular weight excluding hydrogens is 174 g/mol. The zero-order valence-electron chi connectivity index (χ0n) is 8.87. The summed E-state index contributed by atoms with van der Waals surface area (Å²) < 4.78 is 0. The molecule has 78 valence electrons. The van der Waals surface area contributed by atoms with Gasteiger partial charge in [0, 0.05) is 6.54 Å². The fourth-order valence-electron chi connectivity index (χ4n) is 4.03. The van der Waals surface area contributed by atoms with Crippen LogP contribution in [0.5, 0.6) is 0 Å². The van der Waals surface area contributed by atoms with E-state index in [4.69, 9.17) is 5.73 Å². The second-order valence-electron chi connectivity index (χ2n) is 5.10. The number of hydrogen-bond donors (Lipinski definition) is 1. The van der Waals surface area contributed by atoms with Gasteiger partial charge in [0.1, 0.15) is 0 Å². The first-order chi connectivity index (χ1) is 6.76. The van der Waals surface area contributed by atoms with Gasteiger partial charge in [0.25, 0.3) is 0 Å². The van der Waals surface area contributed by atoms with Gasteiger partial charge in [0.15, 0.2) is 5.96 Å². The number of likely N-dealkylation sites (N-methyl/N-ethyl adjacent to an activating group) is 1. The predicted molar refractivity (Wildman–Crippen MR) is 57.0 cm³/mol. The molecule has 1 spiro atoms. The maximum atomic E-state index is 5.95. The van der Waals surface area contributed by atoms with Crippen molar-refractivity contribution in [2.75, 3.05) is 13.1 Å². The van der Waals surface area contributed by atoms with E-state index in [9.17, 15) is 0 Å². The summed E-state index contributed by atoms with van der Waals surface area (Å²) in [4.78, 5) is 6.83. The van der Waals surface area contributed by atoms with Gasteiger partial charge in [0.05, 0.1) is 12.1 Å². The van der Waals surface area contributed by atoms with Crippen molar-refractivity contribution in [1.29, 1.82) is 0 Å². The molecule has 2 saturated carbocycles. The Morgan fingerprint density at radius 3 is 3.00 bits per heavy atom. The zero-order valence-corrected chi connectivity index (χ0v) is 8.87. The van der Waals surface area contributed by atoms with E-state index >= 15 is 0 Å². The van der Waals surface area contributed by atoms with Crippen LogP contribution in [0.2, 0.25) is 0 Å². The number of nitrogens with zero attached hydrogens (tertiary/aromatic N) is 2. The highest BCUT2D eigenvalue weighted by Crippen LogP contribution is 2.54. The molecule has 3 rings (SSSR count). The lowest BCUT2D eigenvalue weighted by Crippen LogP contribution is -2.54. The Bertz CT molecular complexity index is 286. The van der Waals surface area contributed by atoms with Crippen molar-refractivity contribution in [2.45, 2.75) is 38.1 Å². The first-order valence-corrected chi connectivity index (χ1v) is 5.84. The van der Waals surface area contributed by atoms with Crippen molar-refractivity contribution in [3.05, 3.63) is 0 Å². The van der Waals surface area contributed by atoms with Crippen LogP contribution in [-0.4, -0.2) is 29.5 Å². The fourth-order valence-corrected chi connectivity index (χ4v) is 4.03. The van der Waals surface area contributed by atoms with Crippen molar-refractivity contribution in [3.8, 4) is 0 Å². The van der Waals surface area contributed by atoms with Crippen molar-refractivity contribution >= 4 is 5.96 Å². The molecule has 3 unspecified atom stereocenters. The predicted octanol–water partition coefficient (Wildman–Crippen LogP) is 1.20. The molecule has 0 aromatic rings. The van der Waals surface area contributed by atoms with E-state index in [-0.39, 0.29) is 0 Å². The van der Waals surface area contributed by atoms with E-state index in [1.165, 1.54) is 25.7 Å². The Labute approximate surface area is 85.4 Å². The minimum Gasteiger partial charge on any atom is -0.370 e. The lowest BCUT2D eigenvalue weighted by molar-refractivity contribution is 0.128. The molecule has 3 nitrogen and oxygen atoms in total. The Morgan fingerprint density at radius 1 is 1.57 bits per heavy atom. The molecule has 1 heterocycles. The molecular formula is C11H19N3. The number of rotatable bonds is 1. The molecule has 2 aliphatic carbocycles. The molecule has 14 heavy (non-hydrogen) atoms. The number of nitrogens with two attached hydrogens (primary N) is 1. The van der Waals surface area contributed by atoms with Gasteiger partial charge in [0.2, 0.25) is 0 Å². The van der Waals surface area contributed by atoms with Crippen LogP contribution in [0.3, 0.4) is 0 Å². The molecule has 3 atom stereocenters. The van der Waals surface area contributed by atoms with Crippen LogP contribution in [0.15, 0.2) is 4.99 Å². The maximum absolute atomic E-state index is 5.95. The molecule has 0 amide bonds. The maximum Gasteiger partial charge on any atom is 0.191 e. The smallest absolute Gasteiger partial charge is 0.191 e. The van der Waals surface area contributed by atoms with Crippen LogP contribution < -0.4 is 5.73 Å². The summed E-state index contributed by atoms with van der Waals surface area (Å²) in [6.07, 6.45) is 5.63. The van der Waals surface area contributed by atoms with E-state index in [0.717, 1.165) is 30.9 Å². The molecule has 2 N–H and O–H groups in total. The van der Waals surface area contributed by atoms with E-state index in [2.05, 4.69) is 16.8 Å². The quantitative estimate of drug-likeness (QED) is 0.680. The molecule has 3 aliphatic rings. The normalized spacial score (nSPS) is 45.2. The van der Waals surface area contributed by atoms with Crippen molar-refractivity contribution in [3.63, 3.8) is 0 Å². The molecule has 2 fully saturated rings. The number of fused-ring (bicyclic) bond motifs is 3.